The van der Waals surface area contributed by atoms with Crippen LogP contribution in [0.5, 0.6) is 0 Å². The van der Waals surface area contributed by atoms with Gasteiger partial charge < -0.3 is 0 Å². The lowest BCUT2D eigenvalue weighted by Crippen LogP contribution is -2.24. The highest BCUT2D eigenvalue weighted by molar-refractivity contribution is 6.20. The lowest BCUT2D eigenvalue weighted by Gasteiger charge is -2.33. The first-order chi connectivity index (χ1) is 7.29. The highest BCUT2D eigenvalue weighted by Crippen LogP contribution is 2.40. The Morgan fingerprint density at radius 2 is 1.80 bits per heavy atom. The van der Waals surface area contributed by atoms with Crippen LogP contribution in [0.15, 0.2) is 30.3 Å². The van der Waals surface area contributed by atoms with Gasteiger partial charge in [-0.2, -0.15) is 0 Å². The van der Waals surface area contributed by atoms with Gasteiger partial charge in [-0.05, 0) is 37.2 Å². The second-order valence-corrected chi connectivity index (χ2v) is 5.33. The van der Waals surface area contributed by atoms with Crippen LogP contribution < -0.4 is 0 Å². The summed E-state index contributed by atoms with van der Waals surface area (Å²) in [5.41, 5.74) is 1.48. The van der Waals surface area contributed by atoms with Crippen LogP contribution in [0.25, 0.3) is 0 Å². The Labute approximate surface area is 97.6 Å². The monoisotopic (exact) mass is 222 g/mol. The molecule has 0 aliphatic heterocycles. The van der Waals surface area contributed by atoms with Crippen LogP contribution in [0.3, 0.4) is 0 Å². The minimum Gasteiger partial charge on any atom is -0.123 e. The molecule has 1 aromatic rings. The molecule has 0 spiro atoms. The molecule has 15 heavy (non-hydrogen) atoms. The van der Waals surface area contributed by atoms with Crippen molar-refractivity contribution >= 4 is 11.6 Å². The van der Waals surface area contributed by atoms with Gasteiger partial charge >= 0.3 is 0 Å². The Bertz CT molecular complexity index is 291. The minimum atomic E-state index is 0.301. The van der Waals surface area contributed by atoms with Crippen molar-refractivity contribution in [3.63, 3.8) is 0 Å². The molecule has 0 aromatic heterocycles. The average Bonchev–Trinajstić information content (AvgIpc) is 2.30. The lowest BCUT2D eigenvalue weighted by molar-refractivity contribution is 0.303. The van der Waals surface area contributed by atoms with E-state index < -0.39 is 0 Å². The van der Waals surface area contributed by atoms with Gasteiger partial charge in [0, 0.05) is 5.38 Å². The third kappa shape index (κ3) is 2.55. The van der Waals surface area contributed by atoms with Crippen LogP contribution in [0, 0.1) is 5.92 Å². The predicted octanol–water partition coefficient (Wildman–Crippen LogP) is 4.59. The maximum Gasteiger partial charge on any atom is 0.0341 e. The van der Waals surface area contributed by atoms with Crippen molar-refractivity contribution < 1.29 is 0 Å². The number of rotatable bonds is 2. The third-order valence-corrected chi connectivity index (χ3v) is 3.96. The second kappa shape index (κ2) is 5.03. The molecule has 1 heteroatoms. The molecule has 1 saturated carbocycles. The van der Waals surface area contributed by atoms with Crippen LogP contribution in [-0.4, -0.2) is 5.38 Å². The third-order valence-electron chi connectivity index (χ3n) is 3.64. The second-order valence-electron chi connectivity index (χ2n) is 4.64. The Kier molecular flexibility index (Phi) is 3.69. The topological polar surface area (TPSA) is 0 Å². The summed E-state index contributed by atoms with van der Waals surface area (Å²) in [6.07, 6.45) is 5.32. The van der Waals surface area contributed by atoms with Gasteiger partial charge in [-0.25, -0.2) is 0 Å². The fourth-order valence-corrected chi connectivity index (χ4v) is 3.13. The van der Waals surface area contributed by atoms with E-state index in [1.54, 1.807) is 0 Å². The number of alkyl halides is 1. The van der Waals surface area contributed by atoms with Crippen molar-refractivity contribution in [2.75, 3.05) is 0 Å². The molecule has 0 saturated heterocycles. The molecule has 0 amide bonds. The van der Waals surface area contributed by atoms with Crippen LogP contribution >= 0.6 is 11.6 Å². The van der Waals surface area contributed by atoms with Gasteiger partial charge in [0.15, 0.2) is 0 Å². The number of benzene rings is 1. The first-order valence-electron chi connectivity index (χ1n) is 5.98. The zero-order valence-corrected chi connectivity index (χ0v) is 10.1. The molecule has 0 radical (unpaired) electrons. The maximum atomic E-state index is 6.30. The quantitative estimate of drug-likeness (QED) is 0.643. The number of hydrogen-bond acceptors (Lipinski definition) is 0. The molecular weight excluding hydrogens is 204 g/mol. The Balaban J connectivity index is 2.18. The summed E-state index contributed by atoms with van der Waals surface area (Å²) in [6, 6.07) is 10.9. The van der Waals surface area contributed by atoms with Crippen molar-refractivity contribution in [3.8, 4) is 0 Å². The van der Waals surface area contributed by atoms with Crippen molar-refractivity contribution in [3.05, 3.63) is 35.9 Å². The Hall–Kier alpha value is -0.490. The van der Waals surface area contributed by atoms with E-state index in [2.05, 4.69) is 37.3 Å². The van der Waals surface area contributed by atoms with E-state index in [1.165, 1.54) is 31.2 Å². The van der Waals surface area contributed by atoms with E-state index in [9.17, 15) is 0 Å². The summed E-state index contributed by atoms with van der Waals surface area (Å²) >= 11 is 6.30. The summed E-state index contributed by atoms with van der Waals surface area (Å²) in [4.78, 5) is 0. The van der Waals surface area contributed by atoms with Crippen molar-refractivity contribution in [2.24, 2.45) is 5.92 Å². The molecule has 0 bridgehead atoms. The van der Waals surface area contributed by atoms with Crippen molar-refractivity contribution in [2.45, 2.75) is 43.9 Å². The number of hydrogen-bond donors (Lipinski definition) is 0. The molecule has 3 unspecified atom stereocenters. The fraction of sp³-hybridized carbons (Fsp3) is 0.571. The highest BCUT2D eigenvalue weighted by atomic mass is 35.5. The normalized spacial score (nSPS) is 28.7. The molecule has 1 aromatic carbocycles. The molecule has 0 N–H and O–H groups in total. The summed E-state index contributed by atoms with van der Waals surface area (Å²) in [5.74, 6) is 1.36. The molecular formula is C14H19Cl. The predicted molar refractivity (Wildman–Crippen MR) is 66.5 cm³/mol. The first kappa shape index (κ1) is 11.0. The van der Waals surface area contributed by atoms with E-state index >= 15 is 0 Å². The summed E-state index contributed by atoms with van der Waals surface area (Å²) in [7, 11) is 0. The van der Waals surface area contributed by atoms with Crippen LogP contribution in [-0.2, 0) is 0 Å². The molecule has 1 aliphatic rings. The Morgan fingerprint density at radius 1 is 1.13 bits per heavy atom. The maximum absolute atomic E-state index is 6.30. The van der Waals surface area contributed by atoms with E-state index in [0.717, 1.165) is 0 Å². The van der Waals surface area contributed by atoms with Gasteiger partial charge in [0.25, 0.3) is 0 Å². The smallest absolute Gasteiger partial charge is 0.0341 e. The van der Waals surface area contributed by atoms with Gasteiger partial charge in [0.2, 0.25) is 0 Å². The van der Waals surface area contributed by atoms with Crippen molar-refractivity contribution in [1.29, 1.82) is 0 Å². The van der Waals surface area contributed by atoms with Crippen LogP contribution in [0.4, 0.5) is 0 Å². The standard InChI is InChI=1S/C14H19Cl/c1-11(15)13-9-5-6-10-14(13)12-7-3-2-4-8-12/h2-4,7-8,11,13-14H,5-6,9-10H2,1H3. The Morgan fingerprint density at radius 3 is 2.47 bits per heavy atom. The highest BCUT2D eigenvalue weighted by Gasteiger charge is 2.29. The van der Waals surface area contributed by atoms with Gasteiger partial charge in [0.05, 0.1) is 0 Å². The minimum absolute atomic E-state index is 0.301. The fourth-order valence-electron chi connectivity index (χ4n) is 2.82. The van der Waals surface area contributed by atoms with E-state index in [4.69, 9.17) is 11.6 Å². The van der Waals surface area contributed by atoms with Gasteiger partial charge in [-0.15, -0.1) is 11.6 Å². The molecule has 1 fully saturated rings. The zero-order valence-electron chi connectivity index (χ0n) is 9.33. The summed E-state index contributed by atoms with van der Waals surface area (Å²) < 4.78 is 0. The van der Waals surface area contributed by atoms with Gasteiger partial charge in [0.1, 0.15) is 0 Å². The number of halogens is 1. The molecule has 0 nitrogen and oxygen atoms in total. The zero-order chi connectivity index (χ0) is 10.7. The first-order valence-corrected chi connectivity index (χ1v) is 6.41. The van der Waals surface area contributed by atoms with E-state index in [1.807, 2.05) is 0 Å². The molecule has 3 atom stereocenters. The van der Waals surface area contributed by atoms with Crippen molar-refractivity contribution in [1.82, 2.24) is 0 Å². The molecule has 0 heterocycles. The van der Waals surface area contributed by atoms with E-state index in [0.29, 0.717) is 17.2 Å². The SMILES string of the molecule is CC(Cl)C1CCCCC1c1ccccc1. The van der Waals surface area contributed by atoms with Gasteiger partial charge in [-0.3, -0.25) is 0 Å². The van der Waals surface area contributed by atoms with Crippen LogP contribution in [0.1, 0.15) is 44.1 Å². The van der Waals surface area contributed by atoms with E-state index in [-0.39, 0.29) is 0 Å². The summed E-state index contributed by atoms with van der Waals surface area (Å²) in [5, 5.41) is 0.301. The lowest BCUT2D eigenvalue weighted by atomic mass is 9.74. The molecule has 2 rings (SSSR count). The van der Waals surface area contributed by atoms with Gasteiger partial charge in [-0.1, -0.05) is 43.2 Å². The summed E-state index contributed by atoms with van der Waals surface area (Å²) in [6.45, 7) is 2.15. The van der Waals surface area contributed by atoms with Crippen LogP contribution in [0.2, 0.25) is 0 Å². The molecule has 82 valence electrons. The average molecular weight is 223 g/mol. The largest absolute Gasteiger partial charge is 0.123 e. The molecule has 1 aliphatic carbocycles.